The minimum absolute atomic E-state index is 0.0769. The van der Waals surface area contributed by atoms with Gasteiger partial charge in [0.05, 0.1) is 0 Å². The molecule has 3 aliphatic rings. The first-order valence-corrected chi connectivity index (χ1v) is 7.37. The van der Waals surface area contributed by atoms with Gasteiger partial charge in [-0.1, -0.05) is 30.7 Å². The third kappa shape index (κ3) is 1.65. The van der Waals surface area contributed by atoms with Crippen LogP contribution in [0.1, 0.15) is 27.2 Å². The number of allylic oxidation sites excluding steroid dienone is 2. The highest BCUT2D eigenvalue weighted by molar-refractivity contribution is 6.12. The van der Waals surface area contributed by atoms with Gasteiger partial charge in [-0.25, -0.2) is 0 Å². The number of hydrogen-bond acceptors (Lipinski definition) is 3. The largest absolute Gasteiger partial charge is 0.480 e. The van der Waals surface area contributed by atoms with Gasteiger partial charge in [0.2, 0.25) is 0 Å². The normalized spacial score (nSPS) is 39.5. The number of nitrogens with zero attached hydrogens (tertiary/aromatic N) is 1. The van der Waals surface area contributed by atoms with E-state index in [4.69, 9.17) is 4.74 Å². The summed E-state index contributed by atoms with van der Waals surface area (Å²) in [7, 11) is 1.65. The summed E-state index contributed by atoms with van der Waals surface area (Å²) < 4.78 is 5.41. The minimum atomic E-state index is -1.01. The Kier molecular flexibility index (Phi) is 3.17. The van der Waals surface area contributed by atoms with Crippen LogP contribution in [0.15, 0.2) is 39.9 Å². The van der Waals surface area contributed by atoms with Crippen molar-refractivity contribution in [3.63, 3.8) is 0 Å². The van der Waals surface area contributed by atoms with E-state index in [1.54, 1.807) is 7.11 Å². The number of ether oxygens (including phenoxy) is 1. The molecule has 0 spiro atoms. The van der Waals surface area contributed by atoms with Crippen molar-refractivity contribution in [3.8, 4) is 0 Å². The summed E-state index contributed by atoms with van der Waals surface area (Å²) in [5.74, 6) is -0.575. The van der Waals surface area contributed by atoms with Gasteiger partial charge in [-0.15, -0.1) is 0 Å². The molecule has 2 aliphatic carbocycles. The number of rotatable bonds is 2. The summed E-state index contributed by atoms with van der Waals surface area (Å²) in [6, 6.07) is 0. The molecule has 21 heavy (non-hydrogen) atoms. The Bertz CT molecular complexity index is 626. The molecule has 3 unspecified atom stereocenters. The van der Waals surface area contributed by atoms with Crippen LogP contribution in [0.2, 0.25) is 0 Å². The number of aliphatic carboxylic acids is 1. The Balaban J connectivity index is 2.23. The van der Waals surface area contributed by atoms with Gasteiger partial charge in [-0.05, 0) is 31.4 Å². The first kappa shape index (κ1) is 14.3. The van der Waals surface area contributed by atoms with Crippen LogP contribution in [-0.2, 0) is 9.53 Å². The number of fused-ring (bicyclic) bond motifs is 4. The molecule has 1 heterocycles. The number of dihydropyridines is 1. The van der Waals surface area contributed by atoms with E-state index in [2.05, 4.69) is 11.1 Å². The summed E-state index contributed by atoms with van der Waals surface area (Å²) in [5, 5.41) is 10.0. The molecule has 1 aliphatic heterocycles. The van der Waals surface area contributed by atoms with Crippen LogP contribution < -0.4 is 0 Å². The summed E-state index contributed by atoms with van der Waals surface area (Å²) >= 11 is 0. The molecule has 0 aromatic rings. The molecule has 0 aromatic heterocycles. The molecule has 3 rings (SSSR count). The van der Waals surface area contributed by atoms with Gasteiger partial charge >= 0.3 is 5.97 Å². The van der Waals surface area contributed by atoms with E-state index in [0.717, 1.165) is 28.9 Å². The van der Waals surface area contributed by atoms with Crippen LogP contribution in [0, 0.1) is 17.3 Å². The summed E-state index contributed by atoms with van der Waals surface area (Å²) in [5.41, 5.74) is 2.63. The highest BCUT2D eigenvalue weighted by Gasteiger charge is 2.57. The van der Waals surface area contributed by atoms with Gasteiger partial charge in [-0.2, -0.15) is 0 Å². The quantitative estimate of drug-likeness (QED) is 0.794. The predicted octanol–water partition coefficient (Wildman–Crippen LogP) is 2.97. The van der Waals surface area contributed by atoms with Gasteiger partial charge in [0.1, 0.15) is 5.41 Å². The predicted molar refractivity (Wildman–Crippen MR) is 81.2 cm³/mol. The van der Waals surface area contributed by atoms with E-state index in [9.17, 15) is 9.90 Å². The molecule has 4 nitrogen and oxygen atoms in total. The maximum atomic E-state index is 12.2. The van der Waals surface area contributed by atoms with Crippen molar-refractivity contribution in [2.75, 3.05) is 7.11 Å². The fourth-order valence-electron chi connectivity index (χ4n) is 4.16. The maximum absolute atomic E-state index is 12.2. The fourth-order valence-corrected chi connectivity index (χ4v) is 4.16. The highest BCUT2D eigenvalue weighted by Crippen LogP contribution is 2.58. The Labute approximate surface area is 124 Å². The van der Waals surface area contributed by atoms with Gasteiger partial charge in [0, 0.05) is 24.7 Å². The molecule has 1 fully saturated rings. The topological polar surface area (TPSA) is 58.9 Å². The van der Waals surface area contributed by atoms with Crippen molar-refractivity contribution in [1.29, 1.82) is 0 Å². The van der Waals surface area contributed by atoms with E-state index in [0.29, 0.717) is 0 Å². The van der Waals surface area contributed by atoms with E-state index in [1.807, 2.05) is 32.9 Å². The molecule has 0 saturated heterocycles. The zero-order valence-corrected chi connectivity index (χ0v) is 12.9. The standard InChI is InChI=1S/C17H21NO3/c1-5-12-11-7-10(3)17(12,16(19)20)13-6-9(2)15(21-4)18-14(13)8-11/h5-7,9,11,15H,8H2,1-4H3,(H,19,20)/b12-5+/t9?,11?,15?,17-/m0/s1. The van der Waals surface area contributed by atoms with Gasteiger partial charge in [0.15, 0.2) is 6.23 Å². The molecule has 4 atom stereocenters. The number of carboxylic acid groups (broad SMARTS) is 1. The molecule has 112 valence electrons. The van der Waals surface area contributed by atoms with Gasteiger partial charge in [-0.3, -0.25) is 9.79 Å². The van der Waals surface area contributed by atoms with E-state index < -0.39 is 11.4 Å². The zero-order valence-electron chi connectivity index (χ0n) is 12.9. The molecular formula is C17H21NO3. The lowest BCUT2D eigenvalue weighted by atomic mass is 9.63. The monoisotopic (exact) mass is 287 g/mol. The second-order valence-electron chi connectivity index (χ2n) is 6.10. The van der Waals surface area contributed by atoms with Gasteiger partial charge < -0.3 is 9.84 Å². The number of methoxy groups -OCH3 is 1. The minimum Gasteiger partial charge on any atom is -0.480 e. The molecule has 1 N–H and O–H groups in total. The Morgan fingerprint density at radius 2 is 2.24 bits per heavy atom. The highest BCUT2D eigenvalue weighted by atomic mass is 16.5. The lowest BCUT2D eigenvalue weighted by Crippen LogP contribution is -2.44. The van der Waals surface area contributed by atoms with Crippen molar-refractivity contribution in [3.05, 3.63) is 34.9 Å². The molecule has 0 radical (unpaired) electrons. The first-order valence-electron chi connectivity index (χ1n) is 7.37. The Morgan fingerprint density at radius 3 is 2.81 bits per heavy atom. The average Bonchev–Trinajstić information content (AvgIpc) is 2.66. The van der Waals surface area contributed by atoms with Crippen LogP contribution in [0.5, 0.6) is 0 Å². The average molecular weight is 287 g/mol. The SMILES string of the molecule is C/C=C1\C2C=C(C)[C@@]1(C(=O)O)C1=CC(C)C(OC)N=C1C2. The van der Waals surface area contributed by atoms with E-state index in [-0.39, 0.29) is 18.1 Å². The third-order valence-corrected chi connectivity index (χ3v) is 5.04. The smallest absolute Gasteiger partial charge is 0.322 e. The second kappa shape index (κ2) is 4.67. The maximum Gasteiger partial charge on any atom is 0.322 e. The van der Waals surface area contributed by atoms with Crippen LogP contribution >= 0.6 is 0 Å². The summed E-state index contributed by atoms with van der Waals surface area (Å²) in [4.78, 5) is 16.9. The lowest BCUT2D eigenvalue weighted by Gasteiger charge is -2.41. The first-order chi connectivity index (χ1) is 9.96. The molecule has 4 heteroatoms. The third-order valence-electron chi connectivity index (χ3n) is 5.04. The second-order valence-corrected chi connectivity index (χ2v) is 6.10. The lowest BCUT2D eigenvalue weighted by molar-refractivity contribution is -0.142. The molecule has 0 aromatic carbocycles. The van der Waals surface area contributed by atoms with Crippen molar-refractivity contribution < 1.29 is 14.6 Å². The van der Waals surface area contributed by atoms with Crippen molar-refractivity contribution in [1.82, 2.24) is 0 Å². The van der Waals surface area contributed by atoms with Crippen molar-refractivity contribution >= 4 is 11.7 Å². The van der Waals surface area contributed by atoms with Crippen LogP contribution in [-0.4, -0.2) is 30.1 Å². The van der Waals surface area contributed by atoms with E-state index in [1.165, 1.54) is 0 Å². The number of aliphatic imine (C=N–C) groups is 1. The van der Waals surface area contributed by atoms with Gasteiger partial charge in [0.25, 0.3) is 0 Å². The van der Waals surface area contributed by atoms with Crippen LogP contribution in [0.4, 0.5) is 0 Å². The molecule has 2 bridgehead atoms. The number of hydrogen-bond donors (Lipinski definition) is 1. The van der Waals surface area contributed by atoms with Crippen molar-refractivity contribution in [2.24, 2.45) is 22.2 Å². The summed E-state index contributed by atoms with van der Waals surface area (Å²) in [6.07, 6.45) is 6.67. The fraction of sp³-hybridized carbons (Fsp3) is 0.529. The molecular weight excluding hydrogens is 266 g/mol. The van der Waals surface area contributed by atoms with E-state index >= 15 is 0 Å². The Hall–Kier alpha value is -1.68. The summed E-state index contributed by atoms with van der Waals surface area (Å²) in [6.45, 7) is 5.88. The Morgan fingerprint density at radius 1 is 1.52 bits per heavy atom. The number of carboxylic acids is 1. The number of carbonyl (C=O) groups is 1. The molecule has 0 amide bonds. The zero-order chi connectivity index (χ0) is 15.4. The van der Waals surface area contributed by atoms with Crippen molar-refractivity contribution in [2.45, 2.75) is 33.4 Å². The molecule has 1 saturated carbocycles. The van der Waals surface area contributed by atoms with Crippen LogP contribution in [0.3, 0.4) is 0 Å². The van der Waals surface area contributed by atoms with Crippen LogP contribution in [0.25, 0.3) is 0 Å².